The minimum Gasteiger partial charge on any atom is -0.328 e. The molecule has 1 nitrogen and oxygen atoms in total. The topological polar surface area (TPSA) is 26.0 Å². The minimum absolute atomic E-state index is 0.149. The Labute approximate surface area is 101 Å². The molecule has 1 aromatic carbocycles. The zero-order valence-corrected chi connectivity index (χ0v) is 10.0. The number of benzene rings is 1. The summed E-state index contributed by atoms with van der Waals surface area (Å²) in [7, 11) is 0. The zero-order valence-electron chi connectivity index (χ0n) is 9.26. The van der Waals surface area contributed by atoms with Crippen molar-refractivity contribution in [1.29, 1.82) is 0 Å². The zero-order chi connectivity index (χ0) is 11.5. The molecule has 0 bridgehead atoms. The monoisotopic (exact) mass is 241 g/mol. The molecule has 16 heavy (non-hydrogen) atoms. The molecule has 2 rings (SSSR count). The lowest BCUT2D eigenvalue weighted by atomic mass is 9.82. The van der Waals surface area contributed by atoms with Crippen molar-refractivity contribution < 1.29 is 4.39 Å². The highest BCUT2D eigenvalue weighted by Gasteiger charge is 2.20. The second-order valence-corrected chi connectivity index (χ2v) is 5.17. The van der Waals surface area contributed by atoms with Gasteiger partial charge in [0.25, 0.3) is 0 Å². The van der Waals surface area contributed by atoms with Crippen molar-refractivity contribution in [3.05, 3.63) is 34.6 Å². The first-order valence-corrected chi connectivity index (χ1v) is 6.22. The third kappa shape index (κ3) is 2.96. The molecule has 1 aliphatic rings. The predicted molar refractivity (Wildman–Crippen MR) is 65.0 cm³/mol. The van der Waals surface area contributed by atoms with Gasteiger partial charge in [-0.05, 0) is 48.9 Å². The molecule has 1 aromatic rings. The Morgan fingerprint density at radius 2 is 2.19 bits per heavy atom. The van der Waals surface area contributed by atoms with Crippen LogP contribution in [0.15, 0.2) is 18.2 Å². The Balaban J connectivity index is 2.05. The van der Waals surface area contributed by atoms with E-state index in [0.717, 1.165) is 37.7 Å². The summed E-state index contributed by atoms with van der Waals surface area (Å²) in [5, 5.41) is 0.608. The van der Waals surface area contributed by atoms with Crippen LogP contribution < -0.4 is 5.73 Å². The fraction of sp³-hybridized carbons (Fsp3) is 0.538. The second-order valence-electron chi connectivity index (χ2n) is 4.73. The lowest BCUT2D eigenvalue weighted by Gasteiger charge is -2.26. The summed E-state index contributed by atoms with van der Waals surface area (Å²) in [6.07, 6.45) is 5.19. The van der Waals surface area contributed by atoms with Gasteiger partial charge < -0.3 is 5.73 Å². The van der Waals surface area contributed by atoms with Gasteiger partial charge in [0.05, 0.1) is 0 Å². The van der Waals surface area contributed by atoms with Gasteiger partial charge in [-0.1, -0.05) is 24.4 Å². The van der Waals surface area contributed by atoms with Crippen LogP contribution in [-0.4, -0.2) is 6.04 Å². The number of nitrogens with two attached hydrogens (primary N) is 1. The van der Waals surface area contributed by atoms with Crippen LogP contribution >= 0.6 is 11.6 Å². The number of hydrogen-bond acceptors (Lipinski definition) is 1. The van der Waals surface area contributed by atoms with Gasteiger partial charge in [-0.15, -0.1) is 0 Å². The highest BCUT2D eigenvalue weighted by Crippen LogP contribution is 2.28. The molecule has 2 atom stereocenters. The number of rotatable bonds is 2. The fourth-order valence-corrected chi connectivity index (χ4v) is 2.72. The van der Waals surface area contributed by atoms with Crippen LogP contribution in [0.4, 0.5) is 4.39 Å². The van der Waals surface area contributed by atoms with E-state index >= 15 is 0 Å². The molecular formula is C13H17ClFN. The van der Waals surface area contributed by atoms with Gasteiger partial charge in [0, 0.05) is 11.1 Å². The van der Waals surface area contributed by atoms with Gasteiger partial charge in [0.15, 0.2) is 0 Å². The van der Waals surface area contributed by atoms with Crippen LogP contribution in [0.1, 0.15) is 31.2 Å². The largest absolute Gasteiger partial charge is 0.328 e. The van der Waals surface area contributed by atoms with Crippen LogP contribution in [0.2, 0.25) is 5.02 Å². The summed E-state index contributed by atoms with van der Waals surface area (Å²) in [5.74, 6) is 0.361. The highest BCUT2D eigenvalue weighted by molar-refractivity contribution is 6.30. The van der Waals surface area contributed by atoms with E-state index in [1.54, 1.807) is 12.1 Å². The SMILES string of the molecule is NC1CCCC(Cc2cc(Cl)ccc2F)C1. The van der Waals surface area contributed by atoms with E-state index in [1.807, 2.05) is 0 Å². The molecule has 2 N–H and O–H groups in total. The van der Waals surface area contributed by atoms with Gasteiger partial charge in [0.1, 0.15) is 5.82 Å². The third-order valence-electron chi connectivity index (χ3n) is 3.34. The van der Waals surface area contributed by atoms with Crippen LogP contribution in [0.25, 0.3) is 0 Å². The summed E-state index contributed by atoms with van der Waals surface area (Å²) in [4.78, 5) is 0. The van der Waals surface area contributed by atoms with Crippen molar-refractivity contribution in [1.82, 2.24) is 0 Å². The predicted octanol–water partition coefficient (Wildman–Crippen LogP) is 3.54. The lowest BCUT2D eigenvalue weighted by Crippen LogP contribution is -2.28. The molecule has 0 amide bonds. The molecule has 2 unspecified atom stereocenters. The summed E-state index contributed by atoms with van der Waals surface area (Å²) in [6, 6.07) is 5.06. The smallest absolute Gasteiger partial charge is 0.126 e. The standard InChI is InChI=1S/C13H17ClFN/c14-11-4-5-13(15)10(8-11)6-9-2-1-3-12(16)7-9/h4-5,8-9,12H,1-3,6-7,16H2. The van der Waals surface area contributed by atoms with E-state index < -0.39 is 0 Å². The van der Waals surface area contributed by atoms with E-state index in [0.29, 0.717) is 17.0 Å². The average molecular weight is 242 g/mol. The summed E-state index contributed by atoms with van der Waals surface area (Å²) in [5.41, 5.74) is 6.66. The van der Waals surface area contributed by atoms with Gasteiger partial charge in [0.2, 0.25) is 0 Å². The van der Waals surface area contributed by atoms with Crippen LogP contribution in [-0.2, 0) is 6.42 Å². The van der Waals surface area contributed by atoms with E-state index in [9.17, 15) is 4.39 Å². The molecule has 1 saturated carbocycles. The van der Waals surface area contributed by atoms with Crippen molar-refractivity contribution >= 4 is 11.6 Å². The first-order chi connectivity index (χ1) is 7.65. The van der Waals surface area contributed by atoms with E-state index in [4.69, 9.17) is 17.3 Å². The Bertz CT molecular complexity index is 367. The molecule has 1 aliphatic carbocycles. The van der Waals surface area contributed by atoms with Crippen molar-refractivity contribution in [3.63, 3.8) is 0 Å². The van der Waals surface area contributed by atoms with E-state index in [1.165, 1.54) is 6.07 Å². The molecule has 88 valence electrons. The second kappa shape index (κ2) is 5.15. The number of halogens is 2. The van der Waals surface area contributed by atoms with Crippen LogP contribution in [0, 0.1) is 11.7 Å². The number of hydrogen-bond donors (Lipinski definition) is 1. The molecule has 0 saturated heterocycles. The average Bonchev–Trinajstić information content (AvgIpc) is 2.24. The summed E-state index contributed by atoms with van der Waals surface area (Å²) >= 11 is 5.87. The Morgan fingerprint density at radius 3 is 2.94 bits per heavy atom. The Morgan fingerprint density at radius 1 is 1.38 bits per heavy atom. The van der Waals surface area contributed by atoms with Crippen molar-refractivity contribution in [2.24, 2.45) is 11.7 Å². The van der Waals surface area contributed by atoms with Gasteiger partial charge in [-0.25, -0.2) is 4.39 Å². The quantitative estimate of drug-likeness (QED) is 0.842. The molecule has 0 radical (unpaired) electrons. The Kier molecular flexibility index (Phi) is 3.82. The molecule has 3 heteroatoms. The maximum atomic E-state index is 13.5. The molecule has 0 heterocycles. The lowest BCUT2D eigenvalue weighted by molar-refractivity contribution is 0.318. The van der Waals surface area contributed by atoms with E-state index in [2.05, 4.69) is 0 Å². The third-order valence-corrected chi connectivity index (χ3v) is 3.57. The minimum atomic E-state index is -0.149. The normalized spacial score (nSPS) is 25.7. The molecule has 1 fully saturated rings. The fourth-order valence-electron chi connectivity index (χ4n) is 2.53. The Hall–Kier alpha value is -0.600. The summed E-state index contributed by atoms with van der Waals surface area (Å²) < 4.78 is 13.5. The maximum Gasteiger partial charge on any atom is 0.126 e. The first-order valence-electron chi connectivity index (χ1n) is 5.84. The van der Waals surface area contributed by atoms with Crippen molar-refractivity contribution in [2.75, 3.05) is 0 Å². The van der Waals surface area contributed by atoms with Crippen LogP contribution in [0.3, 0.4) is 0 Å². The van der Waals surface area contributed by atoms with Crippen LogP contribution in [0.5, 0.6) is 0 Å². The maximum absolute atomic E-state index is 13.5. The first kappa shape index (κ1) is 11.9. The van der Waals surface area contributed by atoms with E-state index in [-0.39, 0.29) is 5.82 Å². The molecular weight excluding hydrogens is 225 g/mol. The highest BCUT2D eigenvalue weighted by atomic mass is 35.5. The van der Waals surface area contributed by atoms with Gasteiger partial charge in [-0.2, -0.15) is 0 Å². The van der Waals surface area contributed by atoms with Gasteiger partial charge in [-0.3, -0.25) is 0 Å². The summed E-state index contributed by atoms with van der Waals surface area (Å²) in [6.45, 7) is 0. The van der Waals surface area contributed by atoms with Crippen molar-refractivity contribution in [3.8, 4) is 0 Å². The molecule has 0 aliphatic heterocycles. The molecule has 0 spiro atoms. The van der Waals surface area contributed by atoms with Crippen molar-refractivity contribution in [2.45, 2.75) is 38.1 Å². The van der Waals surface area contributed by atoms with Gasteiger partial charge >= 0.3 is 0 Å². The molecule has 0 aromatic heterocycles.